The molecule has 0 aliphatic heterocycles. The Balaban J connectivity index is 1.55. The number of benzene rings is 3. The molecule has 11 heteroatoms. The lowest BCUT2D eigenvalue weighted by molar-refractivity contribution is -0.117. The Hall–Kier alpha value is -1.73. The lowest BCUT2D eigenvalue weighted by Gasteiger charge is -2.18. The Morgan fingerprint density at radius 3 is 2.17 bits per heavy atom. The van der Waals surface area contributed by atoms with Crippen LogP contribution in [0.15, 0.2) is 54.6 Å². The van der Waals surface area contributed by atoms with Crippen LogP contribution in [0.25, 0.3) is 0 Å². The number of hydrogen-bond acceptors (Lipinski definition) is 2. The van der Waals surface area contributed by atoms with Crippen molar-refractivity contribution in [3.05, 3.63) is 91.6 Å². The number of carbonyl (C=O) groups is 2. The lowest BCUT2D eigenvalue weighted by Crippen LogP contribution is -2.26. The number of rotatable bonds is 5. The second-order valence-electron chi connectivity index (χ2n) is 7.94. The number of amides is 2. The Morgan fingerprint density at radius 1 is 0.886 bits per heavy atom. The number of carbonyl (C=O) groups excluding carboxylic acids is 2. The smallest absolute Gasteiger partial charge is 0.259 e. The van der Waals surface area contributed by atoms with Gasteiger partial charge in [-0.1, -0.05) is 46.4 Å². The molecule has 4 rings (SSSR count). The topological polar surface area (TPSA) is 49.4 Å². The van der Waals surface area contributed by atoms with Crippen LogP contribution in [-0.2, 0) is 4.79 Å². The van der Waals surface area contributed by atoms with Crippen molar-refractivity contribution < 1.29 is 14.0 Å². The molecule has 2 atom stereocenters. The van der Waals surface area contributed by atoms with Gasteiger partial charge in [-0.05, 0) is 60.2 Å². The first-order valence-corrected chi connectivity index (χ1v) is 12.3. The van der Waals surface area contributed by atoms with Gasteiger partial charge in [-0.2, -0.15) is 0 Å². The number of nitrogens with one attached hydrogen (secondary N) is 1. The lowest BCUT2D eigenvalue weighted by atomic mass is 10.1. The van der Waals surface area contributed by atoms with Crippen molar-refractivity contribution in [2.75, 3.05) is 17.3 Å². The van der Waals surface area contributed by atoms with Crippen LogP contribution in [0.1, 0.15) is 21.8 Å². The third-order valence-electron chi connectivity index (χ3n) is 5.69. The van der Waals surface area contributed by atoms with E-state index in [0.717, 1.165) is 0 Å². The highest BCUT2D eigenvalue weighted by Gasteiger charge is 2.68. The van der Waals surface area contributed by atoms with E-state index >= 15 is 0 Å². The van der Waals surface area contributed by atoms with E-state index in [-0.39, 0.29) is 25.7 Å². The maximum Gasteiger partial charge on any atom is 0.259 e. The molecule has 0 spiro atoms. The van der Waals surface area contributed by atoms with Crippen molar-refractivity contribution in [2.45, 2.75) is 10.3 Å². The molecule has 2 amide bonds. The Kier molecular flexibility index (Phi) is 7.50. The van der Waals surface area contributed by atoms with E-state index in [1.165, 1.54) is 60.5 Å². The minimum Gasteiger partial charge on any atom is -0.326 e. The summed E-state index contributed by atoms with van der Waals surface area (Å²) in [6.07, 6.45) is 0. The molecule has 0 saturated heterocycles. The highest BCUT2D eigenvalue weighted by Crippen LogP contribution is 2.66. The summed E-state index contributed by atoms with van der Waals surface area (Å²) >= 11 is 37.5. The van der Waals surface area contributed by atoms with Crippen molar-refractivity contribution in [1.29, 1.82) is 0 Å². The second kappa shape index (κ2) is 9.97. The Morgan fingerprint density at radius 2 is 1.51 bits per heavy atom. The van der Waals surface area contributed by atoms with Crippen LogP contribution in [0, 0.1) is 11.7 Å². The molecule has 0 radical (unpaired) electrons. The van der Waals surface area contributed by atoms with Crippen LogP contribution in [0.3, 0.4) is 0 Å². The largest absolute Gasteiger partial charge is 0.326 e. The average molecular weight is 595 g/mol. The molecule has 1 saturated carbocycles. The van der Waals surface area contributed by atoms with Crippen LogP contribution in [0.2, 0.25) is 20.1 Å². The van der Waals surface area contributed by atoms with Crippen LogP contribution < -0.4 is 10.2 Å². The van der Waals surface area contributed by atoms with Crippen LogP contribution >= 0.6 is 69.6 Å². The third kappa shape index (κ3) is 5.22. The van der Waals surface area contributed by atoms with Gasteiger partial charge < -0.3 is 10.2 Å². The molecule has 4 nitrogen and oxygen atoms in total. The van der Waals surface area contributed by atoms with Crippen LogP contribution in [0.5, 0.6) is 0 Å². The van der Waals surface area contributed by atoms with E-state index in [9.17, 15) is 14.0 Å². The van der Waals surface area contributed by atoms with Gasteiger partial charge in [0, 0.05) is 29.4 Å². The van der Waals surface area contributed by atoms with Crippen molar-refractivity contribution in [1.82, 2.24) is 0 Å². The van der Waals surface area contributed by atoms with E-state index < -0.39 is 33.8 Å². The molecule has 1 fully saturated rings. The van der Waals surface area contributed by atoms with Gasteiger partial charge in [0.2, 0.25) is 5.91 Å². The van der Waals surface area contributed by atoms with Crippen molar-refractivity contribution >= 4 is 92.8 Å². The molecule has 0 heterocycles. The van der Waals surface area contributed by atoms with E-state index in [1.807, 2.05) is 0 Å². The van der Waals surface area contributed by atoms with Gasteiger partial charge in [-0.3, -0.25) is 9.59 Å². The van der Waals surface area contributed by atoms with Gasteiger partial charge in [-0.25, -0.2) is 4.39 Å². The molecule has 1 N–H and O–H groups in total. The van der Waals surface area contributed by atoms with E-state index in [2.05, 4.69) is 5.32 Å². The minimum atomic E-state index is -1.42. The van der Waals surface area contributed by atoms with Gasteiger partial charge in [0.05, 0.1) is 26.5 Å². The second-order valence-corrected chi connectivity index (χ2v) is 11.0. The number of nitrogens with zero attached hydrogens (tertiary/aromatic N) is 1. The Labute approximate surface area is 230 Å². The molecule has 182 valence electrons. The summed E-state index contributed by atoms with van der Waals surface area (Å²) in [4.78, 5) is 27.4. The summed E-state index contributed by atoms with van der Waals surface area (Å²) in [5, 5.41) is 3.71. The highest BCUT2D eigenvalue weighted by atomic mass is 35.5. The highest BCUT2D eigenvalue weighted by molar-refractivity contribution is 6.54. The van der Waals surface area contributed by atoms with Gasteiger partial charge in [0.1, 0.15) is 10.2 Å². The van der Waals surface area contributed by atoms with Crippen LogP contribution in [-0.4, -0.2) is 23.2 Å². The summed E-state index contributed by atoms with van der Waals surface area (Å²) < 4.78 is 11.8. The van der Waals surface area contributed by atoms with E-state index in [0.29, 0.717) is 16.9 Å². The first-order chi connectivity index (χ1) is 16.4. The number of alkyl halides is 2. The first kappa shape index (κ1) is 26.3. The average Bonchev–Trinajstić information content (AvgIpc) is 3.38. The normalized spacial score (nSPS) is 18.2. The number of halogens is 7. The van der Waals surface area contributed by atoms with E-state index in [4.69, 9.17) is 69.6 Å². The zero-order valence-electron chi connectivity index (χ0n) is 17.8. The number of hydrogen-bond donors (Lipinski definition) is 1. The Bertz CT molecular complexity index is 1330. The molecule has 1 aliphatic carbocycles. The number of anilines is 2. The fourth-order valence-electron chi connectivity index (χ4n) is 3.77. The summed E-state index contributed by atoms with van der Waals surface area (Å²) in [7, 11) is 1.53. The summed E-state index contributed by atoms with van der Waals surface area (Å²) in [6.45, 7) is 0. The maximum absolute atomic E-state index is 13.2. The fraction of sp³-hybridized carbons (Fsp3) is 0.167. The molecule has 0 unspecified atom stereocenters. The quantitative estimate of drug-likeness (QED) is 0.239. The molecule has 0 aromatic heterocycles. The van der Waals surface area contributed by atoms with Crippen molar-refractivity contribution in [2.24, 2.45) is 5.92 Å². The molecule has 0 bridgehead atoms. The van der Waals surface area contributed by atoms with Gasteiger partial charge in [-0.15, -0.1) is 23.2 Å². The molecular formula is C24H15Cl6FN2O2. The van der Waals surface area contributed by atoms with E-state index in [1.54, 1.807) is 6.07 Å². The van der Waals surface area contributed by atoms with Crippen molar-refractivity contribution in [3.8, 4) is 0 Å². The molecule has 3 aromatic carbocycles. The molecule has 3 aromatic rings. The van der Waals surface area contributed by atoms with Gasteiger partial charge in [0.25, 0.3) is 5.91 Å². The SMILES string of the molecule is CN(C(=O)c1cc(NC(=O)[C@@H]2[C@@H](c3cc(Cl)c(Cl)cc3Cl)C2(Cl)Cl)ccc1Cl)c1ccc(F)cc1. The zero-order chi connectivity index (χ0) is 25.7. The third-order valence-corrected chi connectivity index (χ3v) is 8.01. The summed E-state index contributed by atoms with van der Waals surface area (Å²) in [5.74, 6) is -2.81. The van der Waals surface area contributed by atoms with Gasteiger partial charge in [0.15, 0.2) is 0 Å². The first-order valence-electron chi connectivity index (χ1n) is 10.1. The fourth-order valence-corrected chi connectivity index (χ4v) is 5.45. The van der Waals surface area contributed by atoms with Gasteiger partial charge >= 0.3 is 0 Å². The van der Waals surface area contributed by atoms with Crippen molar-refractivity contribution in [3.63, 3.8) is 0 Å². The zero-order valence-corrected chi connectivity index (χ0v) is 22.3. The van der Waals surface area contributed by atoms with Crippen LogP contribution in [0.4, 0.5) is 15.8 Å². The predicted molar refractivity (Wildman–Crippen MR) is 141 cm³/mol. The summed E-state index contributed by atoms with van der Waals surface area (Å²) in [5.41, 5.74) is 1.42. The standard InChI is InChI=1S/C24H15Cl6FN2O2/c1-33(13-5-2-11(31)3-6-13)23(35)15-8-12(4-7-16(15)25)32-22(34)21-20(24(21,29)30)14-9-18(27)19(28)10-17(14)26/h2-10,20-21H,1H3,(H,32,34)/t20-,21+/m1/s1. The molecular weight excluding hydrogens is 580 g/mol. The molecule has 35 heavy (non-hydrogen) atoms. The maximum atomic E-state index is 13.2. The minimum absolute atomic E-state index is 0.138. The predicted octanol–water partition coefficient (Wildman–Crippen LogP) is 8.24. The summed E-state index contributed by atoms with van der Waals surface area (Å²) in [6, 6.07) is 12.9. The molecule has 1 aliphatic rings. The monoisotopic (exact) mass is 592 g/mol.